The van der Waals surface area contributed by atoms with E-state index in [1.165, 1.54) is 29.8 Å². The number of carbonyl (C=O) groups is 1. The molecule has 0 N–H and O–H groups in total. The van der Waals surface area contributed by atoms with Gasteiger partial charge in [0, 0.05) is 38.3 Å². The second-order valence-corrected chi connectivity index (χ2v) is 6.48. The van der Waals surface area contributed by atoms with Crippen LogP contribution in [0.25, 0.3) is 0 Å². The molecule has 1 saturated heterocycles. The molecule has 0 saturated carbocycles. The van der Waals surface area contributed by atoms with E-state index in [9.17, 15) is 18.0 Å². The van der Waals surface area contributed by atoms with Crippen molar-refractivity contribution in [3.8, 4) is 5.75 Å². The average Bonchev–Trinajstić information content (AvgIpc) is 2.87. The minimum atomic E-state index is -4.74. The summed E-state index contributed by atoms with van der Waals surface area (Å²) in [5, 5.41) is 0. The first kappa shape index (κ1) is 19.2. The van der Waals surface area contributed by atoms with E-state index in [1.54, 1.807) is 4.90 Å². The third-order valence-corrected chi connectivity index (χ3v) is 4.46. The Hall–Kier alpha value is -2.54. The van der Waals surface area contributed by atoms with Crippen molar-refractivity contribution >= 4 is 5.91 Å². The first-order chi connectivity index (χ1) is 12.9. The van der Waals surface area contributed by atoms with Crippen molar-refractivity contribution in [1.82, 2.24) is 9.80 Å². The zero-order valence-electron chi connectivity index (χ0n) is 14.8. The second-order valence-electron chi connectivity index (χ2n) is 6.48. The van der Waals surface area contributed by atoms with Gasteiger partial charge in [0.25, 0.3) is 5.91 Å². The number of hydrogen-bond donors (Lipinski definition) is 0. The number of alkyl halides is 3. The Balaban J connectivity index is 1.57. The fourth-order valence-electron chi connectivity index (χ4n) is 3.16. The van der Waals surface area contributed by atoms with Gasteiger partial charge >= 0.3 is 6.36 Å². The van der Waals surface area contributed by atoms with E-state index < -0.39 is 6.36 Å². The first-order valence-corrected chi connectivity index (χ1v) is 8.82. The fraction of sp³-hybridized carbons (Fsp3) is 0.350. The van der Waals surface area contributed by atoms with E-state index in [1.807, 2.05) is 18.2 Å². The third kappa shape index (κ3) is 5.72. The number of nitrogens with zero attached hydrogens (tertiary/aromatic N) is 2. The van der Waals surface area contributed by atoms with Gasteiger partial charge in [-0.1, -0.05) is 30.3 Å². The van der Waals surface area contributed by atoms with E-state index in [2.05, 4.69) is 21.8 Å². The molecule has 0 radical (unpaired) electrons. The van der Waals surface area contributed by atoms with E-state index in [4.69, 9.17) is 0 Å². The Morgan fingerprint density at radius 1 is 0.926 bits per heavy atom. The van der Waals surface area contributed by atoms with Gasteiger partial charge in [-0.3, -0.25) is 9.69 Å². The summed E-state index contributed by atoms with van der Waals surface area (Å²) >= 11 is 0. The highest BCUT2D eigenvalue weighted by Gasteiger charge is 2.31. The molecule has 2 aromatic rings. The van der Waals surface area contributed by atoms with Crippen LogP contribution in [0, 0.1) is 0 Å². The molecule has 4 nitrogen and oxygen atoms in total. The van der Waals surface area contributed by atoms with E-state index in [-0.39, 0.29) is 11.7 Å². The summed E-state index contributed by atoms with van der Waals surface area (Å²) in [6.45, 7) is 3.72. The average molecular weight is 378 g/mol. The molecule has 1 fully saturated rings. The molecule has 1 amide bonds. The lowest BCUT2D eigenvalue weighted by Crippen LogP contribution is -2.35. The summed E-state index contributed by atoms with van der Waals surface area (Å²) in [5.74, 6) is -0.501. The van der Waals surface area contributed by atoms with Crippen LogP contribution >= 0.6 is 0 Å². The highest BCUT2D eigenvalue weighted by Crippen LogP contribution is 2.23. The summed E-state index contributed by atoms with van der Waals surface area (Å²) in [4.78, 5) is 16.7. The molecule has 0 unspecified atom stereocenters. The summed E-state index contributed by atoms with van der Waals surface area (Å²) < 4.78 is 40.5. The SMILES string of the molecule is O=C(c1ccc(OC(F)(F)F)cc1)N1CCCN(Cc2ccccc2)CC1. The van der Waals surface area contributed by atoms with Gasteiger partial charge in [-0.15, -0.1) is 13.2 Å². The standard InChI is InChI=1S/C20H21F3N2O2/c21-20(22,23)27-18-9-7-17(8-10-18)19(26)25-12-4-11-24(13-14-25)15-16-5-2-1-3-6-16/h1-3,5-10H,4,11-15H2. The number of ether oxygens (including phenoxy) is 1. The van der Waals surface area contributed by atoms with Crippen LogP contribution in [0.1, 0.15) is 22.3 Å². The minimum absolute atomic E-state index is 0.171. The molecule has 1 aliphatic heterocycles. The topological polar surface area (TPSA) is 32.8 Å². The minimum Gasteiger partial charge on any atom is -0.406 e. The monoisotopic (exact) mass is 378 g/mol. The zero-order valence-corrected chi connectivity index (χ0v) is 14.8. The first-order valence-electron chi connectivity index (χ1n) is 8.82. The van der Waals surface area contributed by atoms with Crippen molar-refractivity contribution in [1.29, 1.82) is 0 Å². The number of halogens is 3. The highest BCUT2D eigenvalue weighted by molar-refractivity contribution is 5.94. The molecule has 0 bridgehead atoms. The Morgan fingerprint density at radius 3 is 2.30 bits per heavy atom. The number of carbonyl (C=O) groups excluding carboxylic acids is 1. The van der Waals surface area contributed by atoms with Crippen LogP contribution in [0.15, 0.2) is 54.6 Å². The van der Waals surface area contributed by atoms with Crippen molar-refractivity contribution in [2.75, 3.05) is 26.2 Å². The Morgan fingerprint density at radius 2 is 1.63 bits per heavy atom. The van der Waals surface area contributed by atoms with E-state index >= 15 is 0 Å². The van der Waals surface area contributed by atoms with Gasteiger partial charge in [-0.05, 0) is 36.2 Å². The lowest BCUT2D eigenvalue weighted by Gasteiger charge is -2.22. The van der Waals surface area contributed by atoms with Gasteiger partial charge in [0.15, 0.2) is 0 Å². The molecule has 2 aromatic carbocycles. The van der Waals surface area contributed by atoms with Crippen molar-refractivity contribution in [2.45, 2.75) is 19.3 Å². The van der Waals surface area contributed by atoms with Crippen LogP contribution in [0.5, 0.6) is 5.75 Å². The van der Waals surface area contributed by atoms with Crippen LogP contribution in [0.2, 0.25) is 0 Å². The van der Waals surface area contributed by atoms with Crippen molar-refractivity contribution in [3.05, 3.63) is 65.7 Å². The number of amides is 1. The Labute approximate surface area is 156 Å². The molecule has 144 valence electrons. The molecule has 1 heterocycles. The smallest absolute Gasteiger partial charge is 0.406 e. The van der Waals surface area contributed by atoms with Crippen LogP contribution < -0.4 is 4.74 Å². The molecule has 1 aliphatic rings. The van der Waals surface area contributed by atoms with Gasteiger partial charge in [-0.25, -0.2) is 0 Å². The van der Waals surface area contributed by atoms with Crippen LogP contribution in [-0.4, -0.2) is 48.2 Å². The molecular formula is C20H21F3N2O2. The Kier molecular flexibility index (Phi) is 6.01. The maximum Gasteiger partial charge on any atom is 0.573 e. The van der Waals surface area contributed by atoms with Crippen LogP contribution in [-0.2, 0) is 6.54 Å². The highest BCUT2D eigenvalue weighted by atomic mass is 19.4. The Bertz CT molecular complexity index is 748. The molecule has 7 heteroatoms. The summed E-state index contributed by atoms with van der Waals surface area (Å²) in [5.41, 5.74) is 1.60. The van der Waals surface area contributed by atoms with Gasteiger partial charge < -0.3 is 9.64 Å². The normalized spacial score (nSPS) is 16.0. The van der Waals surface area contributed by atoms with Crippen molar-refractivity contribution in [3.63, 3.8) is 0 Å². The zero-order chi connectivity index (χ0) is 19.3. The van der Waals surface area contributed by atoms with E-state index in [0.29, 0.717) is 18.7 Å². The van der Waals surface area contributed by atoms with Gasteiger partial charge in [0.2, 0.25) is 0 Å². The van der Waals surface area contributed by atoms with Crippen LogP contribution in [0.4, 0.5) is 13.2 Å². The molecular weight excluding hydrogens is 357 g/mol. The van der Waals surface area contributed by atoms with Crippen molar-refractivity contribution < 1.29 is 22.7 Å². The lowest BCUT2D eigenvalue weighted by molar-refractivity contribution is -0.274. The largest absolute Gasteiger partial charge is 0.573 e. The third-order valence-electron chi connectivity index (χ3n) is 4.46. The quantitative estimate of drug-likeness (QED) is 0.808. The molecule has 0 aliphatic carbocycles. The van der Waals surface area contributed by atoms with Crippen LogP contribution in [0.3, 0.4) is 0 Å². The maximum absolute atomic E-state index is 12.7. The molecule has 27 heavy (non-hydrogen) atoms. The number of rotatable bonds is 4. The maximum atomic E-state index is 12.7. The number of hydrogen-bond acceptors (Lipinski definition) is 3. The van der Waals surface area contributed by atoms with E-state index in [0.717, 1.165) is 26.1 Å². The summed E-state index contributed by atoms with van der Waals surface area (Å²) in [6, 6.07) is 15.2. The number of benzene rings is 2. The van der Waals surface area contributed by atoms with Gasteiger partial charge in [0.1, 0.15) is 5.75 Å². The molecule has 3 rings (SSSR count). The summed E-state index contributed by atoms with van der Waals surface area (Å²) in [6.07, 6.45) is -3.88. The molecule has 0 atom stereocenters. The second kappa shape index (κ2) is 8.43. The van der Waals surface area contributed by atoms with Crippen molar-refractivity contribution in [2.24, 2.45) is 0 Å². The molecule has 0 spiro atoms. The fourth-order valence-corrected chi connectivity index (χ4v) is 3.16. The summed E-state index contributed by atoms with van der Waals surface area (Å²) in [7, 11) is 0. The van der Waals surface area contributed by atoms with Gasteiger partial charge in [-0.2, -0.15) is 0 Å². The van der Waals surface area contributed by atoms with Gasteiger partial charge in [0.05, 0.1) is 0 Å². The molecule has 0 aromatic heterocycles. The lowest BCUT2D eigenvalue weighted by atomic mass is 10.2. The predicted molar refractivity (Wildman–Crippen MR) is 95.4 cm³/mol. The predicted octanol–water partition coefficient (Wildman–Crippen LogP) is 3.93.